The maximum absolute atomic E-state index is 11.0. The maximum atomic E-state index is 11.0. The third-order valence-corrected chi connectivity index (χ3v) is 2.13. The van der Waals surface area contributed by atoms with E-state index in [0.29, 0.717) is 0 Å². The molecule has 1 aromatic rings. The van der Waals surface area contributed by atoms with Gasteiger partial charge in [0.1, 0.15) is 0 Å². The van der Waals surface area contributed by atoms with E-state index in [4.69, 9.17) is 5.11 Å². The monoisotopic (exact) mass is 254 g/mol. The molecule has 1 amide bonds. The molecule has 8 nitrogen and oxygen atoms in total. The minimum absolute atomic E-state index is 0.166. The van der Waals surface area contributed by atoms with E-state index in [9.17, 15) is 19.7 Å². The lowest BCUT2D eigenvalue weighted by atomic mass is 10.1. The smallest absolute Gasteiger partial charge is 0.407 e. The fourth-order valence-electron chi connectivity index (χ4n) is 1.25. The number of benzene rings is 1. The van der Waals surface area contributed by atoms with E-state index in [1.807, 2.05) is 0 Å². The number of aliphatic carboxylic acids is 1. The first kappa shape index (κ1) is 13.4. The van der Waals surface area contributed by atoms with E-state index >= 15 is 0 Å². The Hall–Kier alpha value is -2.64. The number of nitrogens with one attached hydrogen (secondary N) is 1. The molecular weight excluding hydrogens is 244 g/mol. The molecule has 1 atom stereocenters. The van der Waals surface area contributed by atoms with Gasteiger partial charge in [0.15, 0.2) is 6.04 Å². The molecule has 96 valence electrons. The number of carbonyl (C=O) groups excluding carboxylic acids is 1. The summed E-state index contributed by atoms with van der Waals surface area (Å²) < 4.78 is 4.29. The lowest BCUT2D eigenvalue weighted by Gasteiger charge is -2.13. The van der Waals surface area contributed by atoms with Crippen LogP contribution in [0.4, 0.5) is 10.5 Å². The molecule has 0 saturated carbocycles. The Morgan fingerprint density at radius 2 is 1.94 bits per heavy atom. The Morgan fingerprint density at radius 3 is 2.33 bits per heavy atom. The standard InChI is InChI=1S/C10H10N2O6/c1-18-10(15)11-8(9(13)14)6-2-4-7(5-3-6)12(16)17/h2-5,8H,1H3,(H,11,15)(H,13,14). The van der Waals surface area contributed by atoms with Gasteiger partial charge in [-0.3, -0.25) is 10.1 Å². The van der Waals surface area contributed by atoms with Gasteiger partial charge in [0, 0.05) is 12.1 Å². The number of hydrogen-bond acceptors (Lipinski definition) is 5. The zero-order valence-electron chi connectivity index (χ0n) is 9.32. The highest BCUT2D eigenvalue weighted by Gasteiger charge is 2.22. The molecule has 1 unspecified atom stereocenters. The Kier molecular flexibility index (Phi) is 4.19. The first-order chi connectivity index (χ1) is 8.45. The van der Waals surface area contributed by atoms with Crippen LogP contribution in [0.25, 0.3) is 0 Å². The van der Waals surface area contributed by atoms with Crippen LogP contribution in [0.15, 0.2) is 24.3 Å². The number of carboxylic acid groups (broad SMARTS) is 1. The van der Waals surface area contributed by atoms with Crippen LogP contribution < -0.4 is 5.32 Å². The van der Waals surface area contributed by atoms with Crippen molar-refractivity contribution in [2.24, 2.45) is 0 Å². The van der Waals surface area contributed by atoms with Crippen LogP contribution in [-0.4, -0.2) is 29.2 Å². The van der Waals surface area contributed by atoms with E-state index in [0.717, 1.165) is 19.2 Å². The number of rotatable bonds is 4. The van der Waals surface area contributed by atoms with Gasteiger partial charge in [-0.05, 0) is 17.7 Å². The summed E-state index contributed by atoms with van der Waals surface area (Å²) in [6.45, 7) is 0. The Balaban J connectivity index is 2.96. The third-order valence-electron chi connectivity index (χ3n) is 2.13. The highest BCUT2D eigenvalue weighted by molar-refractivity contribution is 5.81. The molecule has 0 saturated heterocycles. The van der Waals surface area contributed by atoms with Crippen LogP contribution in [0, 0.1) is 10.1 Å². The van der Waals surface area contributed by atoms with Gasteiger partial charge in [-0.1, -0.05) is 0 Å². The topological polar surface area (TPSA) is 119 Å². The minimum atomic E-state index is -1.32. The second-order valence-corrected chi connectivity index (χ2v) is 3.26. The molecule has 1 aromatic carbocycles. The second-order valence-electron chi connectivity index (χ2n) is 3.26. The molecule has 0 aliphatic heterocycles. The van der Waals surface area contributed by atoms with Crippen molar-refractivity contribution in [3.05, 3.63) is 39.9 Å². The van der Waals surface area contributed by atoms with Crippen molar-refractivity contribution in [1.29, 1.82) is 0 Å². The normalized spacial score (nSPS) is 11.4. The van der Waals surface area contributed by atoms with Crippen molar-refractivity contribution in [3.63, 3.8) is 0 Å². The number of methoxy groups -OCH3 is 1. The van der Waals surface area contributed by atoms with Gasteiger partial charge in [-0.15, -0.1) is 0 Å². The summed E-state index contributed by atoms with van der Waals surface area (Å²) in [4.78, 5) is 31.8. The average molecular weight is 254 g/mol. The summed E-state index contributed by atoms with van der Waals surface area (Å²) in [6.07, 6.45) is -0.902. The summed E-state index contributed by atoms with van der Waals surface area (Å²) in [5, 5.41) is 21.5. The average Bonchev–Trinajstić information content (AvgIpc) is 2.35. The van der Waals surface area contributed by atoms with Crippen molar-refractivity contribution in [2.45, 2.75) is 6.04 Å². The van der Waals surface area contributed by atoms with Gasteiger partial charge in [-0.2, -0.15) is 0 Å². The fraction of sp³-hybridized carbons (Fsp3) is 0.200. The number of hydrogen-bond donors (Lipinski definition) is 2. The predicted octanol–water partition coefficient (Wildman–Crippen LogP) is 1.08. The van der Waals surface area contributed by atoms with E-state index in [2.05, 4.69) is 10.1 Å². The highest BCUT2D eigenvalue weighted by Crippen LogP contribution is 2.18. The van der Waals surface area contributed by atoms with Crippen molar-refractivity contribution in [3.8, 4) is 0 Å². The molecule has 2 N–H and O–H groups in total. The largest absolute Gasteiger partial charge is 0.479 e. The molecule has 0 fully saturated rings. The van der Waals surface area contributed by atoms with Gasteiger partial charge in [0.2, 0.25) is 0 Å². The van der Waals surface area contributed by atoms with Crippen LogP contribution in [0.5, 0.6) is 0 Å². The molecule has 0 radical (unpaired) electrons. The number of carboxylic acids is 1. The molecular formula is C10H10N2O6. The van der Waals surface area contributed by atoms with E-state index in [1.165, 1.54) is 12.1 Å². The van der Waals surface area contributed by atoms with Crippen molar-refractivity contribution in [1.82, 2.24) is 5.32 Å². The van der Waals surface area contributed by atoms with E-state index in [1.54, 1.807) is 0 Å². The fourth-order valence-corrected chi connectivity index (χ4v) is 1.25. The molecule has 0 spiro atoms. The number of nitrogens with zero attached hydrogens (tertiary/aromatic N) is 1. The van der Waals surface area contributed by atoms with Crippen LogP contribution in [0.3, 0.4) is 0 Å². The highest BCUT2D eigenvalue weighted by atomic mass is 16.6. The Morgan fingerprint density at radius 1 is 1.39 bits per heavy atom. The minimum Gasteiger partial charge on any atom is -0.479 e. The molecule has 18 heavy (non-hydrogen) atoms. The van der Waals surface area contributed by atoms with Gasteiger partial charge >= 0.3 is 12.1 Å². The van der Waals surface area contributed by atoms with E-state index < -0.39 is 23.0 Å². The molecule has 0 heterocycles. The van der Waals surface area contributed by atoms with Crippen LogP contribution in [0.2, 0.25) is 0 Å². The summed E-state index contributed by atoms with van der Waals surface area (Å²) >= 11 is 0. The van der Waals surface area contributed by atoms with E-state index in [-0.39, 0.29) is 11.3 Å². The number of ether oxygens (including phenoxy) is 1. The SMILES string of the molecule is COC(=O)NC(C(=O)O)c1ccc([N+](=O)[O-])cc1. The first-order valence-corrected chi connectivity index (χ1v) is 4.77. The van der Waals surface area contributed by atoms with Gasteiger partial charge < -0.3 is 15.2 Å². The molecule has 0 aliphatic carbocycles. The molecule has 1 rings (SSSR count). The predicted molar refractivity (Wildman–Crippen MR) is 59.0 cm³/mol. The van der Waals surface area contributed by atoms with Gasteiger partial charge in [0.05, 0.1) is 12.0 Å². The Labute approximate surface area is 101 Å². The third kappa shape index (κ3) is 3.17. The van der Waals surface area contributed by atoms with Crippen LogP contribution in [-0.2, 0) is 9.53 Å². The summed E-state index contributed by atoms with van der Waals surface area (Å²) in [5.41, 5.74) is 0.0412. The van der Waals surface area contributed by atoms with Crippen LogP contribution >= 0.6 is 0 Å². The number of non-ortho nitro benzene ring substituents is 1. The number of amides is 1. The van der Waals surface area contributed by atoms with Crippen molar-refractivity contribution >= 4 is 17.7 Å². The maximum Gasteiger partial charge on any atom is 0.407 e. The summed E-state index contributed by atoms with van der Waals surface area (Å²) in [5.74, 6) is -1.30. The lowest BCUT2D eigenvalue weighted by molar-refractivity contribution is -0.384. The van der Waals surface area contributed by atoms with Gasteiger partial charge in [-0.25, -0.2) is 9.59 Å². The van der Waals surface area contributed by atoms with Crippen LogP contribution in [0.1, 0.15) is 11.6 Å². The zero-order chi connectivity index (χ0) is 13.7. The first-order valence-electron chi connectivity index (χ1n) is 4.77. The van der Waals surface area contributed by atoms with Crippen molar-refractivity contribution in [2.75, 3.05) is 7.11 Å². The second kappa shape index (κ2) is 5.62. The van der Waals surface area contributed by atoms with Crippen molar-refractivity contribution < 1.29 is 24.4 Å². The molecule has 0 aromatic heterocycles. The number of carbonyl (C=O) groups is 2. The quantitative estimate of drug-likeness (QED) is 0.612. The summed E-state index contributed by atoms with van der Waals surface area (Å²) in [6, 6.07) is 3.51. The molecule has 0 bridgehead atoms. The lowest BCUT2D eigenvalue weighted by Crippen LogP contribution is -2.33. The summed E-state index contributed by atoms with van der Waals surface area (Å²) in [7, 11) is 1.10. The Bertz CT molecular complexity index is 470. The van der Waals surface area contributed by atoms with Gasteiger partial charge in [0.25, 0.3) is 5.69 Å². The number of nitro groups is 1. The number of alkyl carbamates (subject to hydrolysis) is 1. The molecule has 0 aliphatic rings. The molecule has 8 heteroatoms. The zero-order valence-corrected chi connectivity index (χ0v) is 9.32. The number of nitro benzene ring substituents is 1.